The molecule has 0 saturated heterocycles. The number of amides is 1. The maximum absolute atomic E-state index is 12.4. The number of thiophene rings is 1. The first-order valence-corrected chi connectivity index (χ1v) is 8.49. The highest BCUT2D eigenvalue weighted by Crippen LogP contribution is 2.26. The fraction of sp³-hybridized carbons (Fsp3) is 0.308. The number of primary sulfonamides is 1. The number of aryl methyl sites for hydroxylation is 2. The Morgan fingerprint density at radius 2 is 2.05 bits per heavy atom. The number of hydrogen-bond donors (Lipinski definition) is 1. The molecule has 114 valence electrons. The van der Waals surface area contributed by atoms with Crippen LogP contribution in [0.1, 0.15) is 26.8 Å². The molecule has 2 heterocycles. The van der Waals surface area contributed by atoms with E-state index in [1.807, 2.05) is 13.0 Å². The molecule has 2 N–H and O–H groups in total. The van der Waals surface area contributed by atoms with Gasteiger partial charge in [-0.1, -0.05) is 0 Å². The van der Waals surface area contributed by atoms with E-state index in [0.717, 1.165) is 17.1 Å². The zero-order valence-electron chi connectivity index (χ0n) is 11.9. The average molecular weight is 328 g/mol. The van der Waals surface area contributed by atoms with E-state index >= 15 is 0 Å². The molecule has 21 heavy (non-hydrogen) atoms. The fourth-order valence-electron chi connectivity index (χ4n) is 1.85. The van der Waals surface area contributed by atoms with Crippen LogP contribution in [0.3, 0.4) is 0 Å². The number of rotatable bonds is 4. The van der Waals surface area contributed by atoms with Crippen molar-refractivity contribution in [2.24, 2.45) is 5.14 Å². The Balaban J connectivity index is 2.21. The molecule has 2 rings (SSSR count). The quantitative estimate of drug-likeness (QED) is 0.927. The third-order valence-corrected chi connectivity index (χ3v) is 5.55. The molecule has 0 aliphatic heterocycles. The second-order valence-corrected chi connectivity index (χ2v) is 7.64. The molecule has 0 aliphatic carbocycles. The van der Waals surface area contributed by atoms with Crippen LogP contribution in [0.25, 0.3) is 0 Å². The van der Waals surface area contributed by atoms with Crippen LogP contribution in [0, 0.1) is 13.8 Å². The molecule has 1 amide bonds. The van der Waals surface area contributed by atoms with Crippen molar-refractivity contribution in [1.82, 2.24) is 4.90 Å². The zero-order valence-corrected chi connectivity index (χ0v) is 13.5. The number of nitrogens with zero attached hydrogens (tertiary/aromatic N) is 1. The number of hydrogen-bond acceptors (Lipinski definition) is 5. The van der Waals surface area contributed by atoms with Gasteiger partial charge in [-0.2, -0.15) is 0 Å². The maximum Gasteiger partial charge on any atom is 0.264 e. The van der Waals surface area contributed by atoms with Crippen LogP contribution in [0.15, 0.2) is 26.8 Å². The lowest BCUT2D eigenvalue weighted by atomic mass is 10.2. The van der Waals surface area contributed by atoms with Crippen LogP contribution in [0.2, 0.25) is 0 Å². The standard InChI is InChI=1S/C13H16N2O4S2/c1-8-6-11(21(14,17)18)20-12(8)13(16)15(3)7-10-5-4-9(2)19-10/h4-6H,7H2,1-3H3,(H2,14,17,18). The molecule has 0 saturated carbocycles. The van der Waals surface area contributed by atoms with Gasteiger partial charge in [0, 0.05) is 7.05 Å². The van der Waals surface area contributed by atoms with Gasteiger partial charge < -0.3 is 9.32 Å². The summed E-state index contributed by atoms with van der Waals surface area (Å²) >= 11 is 0.884. The van der Waals surface area contributed by atoms with Gasteiger partial charge in [0.05, 0.1) is 11.4 Å². The van der Waals surface area contributed by atoms with E-state index < -0.39 is 10.0 Å². The Labute approximate surface area is 127 Å². The Morgan fingerprint density at radius 1 is 1.38 bits per heavy atom. The van der Waals surface area contributed by atoms with Crippen molar-refractivity contribution in [3.63, 3.8) is 0 Å². The van der Waals surface area contributed by atoms with Crippen LogP contribution < -0.4 is 5.14 Å². The molecule has 2 aromatic heterocycles. The van der Waals surface area contributed by atoms with Gasteiger partial charge in [-0.05, 0) is 37.6 Å². The minimum Gasteiger partial charge on any atom is -0.464 e. The lowest BCUT2D eigenvalue weighted by molar-refractivity contribution is 0.0779. The topological polar surface area (TPSA) is 93.6 Å². The van der Waals surface area contributed by atoms with Crippen molar-refractivity contribution in [2.45, 2.75) is 24.6 Å². The first kappa shape index (κ1) is 15.7. The summed E-state index contributed by atoms with van der Waals surface area (Å²) < 4.78 is 28.1. The molecule has 6 nitrogen and oxygen atoms in total. The van der Waals surface area contributed by atoms with Gasteiger partial charge in [0.1, 0.15) is 15.7 Å². The number of carbonyl (C=O) groups is 1. The van der Waals surface area contributed by atoms with Gasteiger partial charge in [-0.25, -0.2) is 13.6 Å². The largest absolute Gasteiger partial charge is 0.464 e. The van der Waals surface area contributed by atoms with E-state index in [4.69, 9.17) is 9.56 Å². The van der Waals surface area contributed by atoms with Crippen LogP contribution in [0.5, 0.6) is 0 Å². The van der Waals surface area contributed by atoms with E-state index in [2.05, 4.69) is 0 Å². The van der Waals surface area contributed by atoms with Gasteiger partial charge in [0.2, 0.25) is 10.0 Å². The van der Waals surface area contributed by atoms with Crippen molar-refractivity contribution in [1.29, 1.82) is 0 Å². The predicted octanol–water partition coefficient (Wildman–Crippen LogP) is 1.88. The van der Waals surface area contributed by atoms with E-state index in [-0.39, 0.29) is 10.1 Å². The van der Waals surface area contributed by atoms with Gasteiger partial charge in [0.15, 0.2) is 0 Å². The highest BCUT2D eigenvalue weighted by molar-refractivity contribution is 7.91. The van der Waals surface area contributed by atoms with Crippen molar-refractivity contribution in [2.75, 3.05) is 7.05 Å². The Kier molecular flexibility index (Phi) is 4.22. The summed E-state index contributed by atoms with van der Waals surface area (Å²) in [5.74, 6) is 1.18. The second-order valence-electron chi connectivity index (χ2n) is 4.80. The van der Waals surface area contributed by atoms with Crippen molar-refractivity contribution < 1.29 is 17.6 Å². The molecule has 0 bridgehead atoms. The summed E-state index contributed by atoms with van der Waals surface area (Å²) in [5, 5.41) is 5.08. The minimum atomic E-state index is -3.79. The first-order chi connectivity index (χ1) is 9.68. The van der Waals surface area contributed by atoms with Crippen LogP contribution in [0.4, 0.5) is 0 Å². The second kappa shape index (κ2) is 5.63. The van der Waals surface area contributed by atoms with Gasteiger partial charge in [-0.3, -0.25) is 4.79 Å². The third-order valence-electron chi connectivity index (χ3n) is 2.91. The number of furan rings is 1. The number of sulfonamides is 1. The zero-order chi connectivity index (χ0) is 15.8. The molecule has 0 atom stereocenters. The molecule has 0 aromatic carbocycles. The maximum atomic E-state index is 12.4. The van der Waals surface area contributed by atoms with Crippen LogP contribution in [-0.2, 0) is 16.6 Å². The summed E-state index contributed by atoms with van der Waals surface area (Å²) in [6, 6.07) is 5.04. The molecule has 0 aliphatic rings. The SMILES string of the molecule is Cc1ccc(CN(C)C(=O)c2sc(S(N)(=O)=O)cc2C)o1. The monoisotopic (exact) mass is 328 g/mol. The molecule has 8 heteroatoms. The molecular formula is C13H16N2O4S2. The van der Waals surface area contributed by atoms with Crippen molar-refractivity contribution in [3.05, 3.63) is 40.2 Å². The Bertz CT molecular complexity index is 774. The summed E-state index contributed by atoms with van der Waals surface area (Å²) in [6.07, 6.45) is 0. The fourth-order valence-corrected chi connectivity index (χ4v) is 3.81. The molecular weight excluding hydrogens is 312 g/mol. The van der Waals surface area contributed by atoms with Gasteiger partial charge >= 0.3 is 0 Å². The van der Waals surface area contributed by atoms with Crippen molar-refractivity contribution in [3.8, 4) is 0 Å². The summed E-state index contributed by atoms with van der Waals surface area (Å²) in [7, 11) is -2.16. The summed E-state index contributed by atoms with van der Waals surface area (Å²) in [5.41, 5.74) is 0.594. The highest BCUT2D eigenvalue weighted by Gasteiger charge is 2.22. The smallest absolute Gasteiger partial charge is 0.264 e. The Hall–Kier alpha value is -1.64. The molecule has 0 fully saturated rings. The molecule has 0 radical (unpaired) electrons. The highest BCUT2D eigenvalue weighted by atomic mass is 32.2. The Morgan fingerprint density at radius 3 is 2.52 bits per heavy atom. The summed E-state index contributed by atoms with van der Waals surface area (Å²) in [4.78, 5) is 14.2. The van der Waals surface area contributed by atoms with Gasteiger partial charge in [0.25, 0.3) is 5.91 Å². The molecule has 2 aromatic rings. The molecule has 0 spiro atoms. The van der Waals surface area contributed by atoms with Gasteiger partial charge in [-0.15, -0.1) is 11.3 Å². The first-order valence-electron chi connectivity index (χ1n) is 6.12. The third kappa shape index (κ3) is 3.52. The van der Waals surface area contributed by atoms with Crippen LogP contribution >= 0.6 is 11.3 Å². The summed E-state index contributed by atoms with van der Waals surface area (Å²) in [6.45, 7) is 3.82. The van der Waals surface area contributed by atoms with Crippen LogP contribution in [-0.4, -0.2) is 26.3 Å². The predicted molar refractivity (Wildman–Crippen MR) is 79.7 cm³/mol. The normalized spacial score (nSPS) is 11.6. The lowest BCUT2D eigenvalue weighted by Gasteiger charge is -2.15. The minimum absolute atomic E-state index is 0.00871. The van der Waals surface area contributed by atoms with E-state index in [9.17, 15) is 13.2 Å². The van der Waals surface area contributed by atoms with Crippen molar-refractivity contribution >= 4 is 27.3 Å². The van der Waals surface area contributed by atoms with E-state index in [1.165, 1.54) is 11.0 Å². The average Bonchev–Trinajstić information content (AvgIpc) is 2.94. The number of carbonyl (C=O) groups excluding carboxylic acids is 1. The lowest BCUT2D eigenvalue weighted by Crippen LogP contribution is -2.25. The number of nitrogens with two attached hydrogens (primary N) is 1. The van der Waals surface area contributed by atoms with E-state index in [1.54, 1.807) is 20.0 Å². The molecule has 0 unspecified atom stereocenters. The van der Waals surface area contributed by atoms with E-state index in [0.29, 0.717) is 22.7 Å².